The van der Waals surface area contributed by atoms with Crippen LogP contribution in [0.3, 0.4) is 0 Å². The van der Waals surface area contributed by atoms with Crippen molar-refractivity contribution in [2.45, 2.75) is 56.8 Å². The van der Waals surface area contributed by atoms with E-state index in [0.717, 1.165) is 45.4 Å². The lowest BCUT2D eigenvalue weighted by Crippen LogP contribution is -2.49. The van der Waals surface area contributed by atoms with Crippen molar-refractivity contribution in [3.63, 3.8) is 0 Å². The Morgan fingerprint density at radius 1 is 1.08 bits per heavy atom. The highest BCUT2D eigenvalue weighted by Crippen LogP contribution is 2.29. The van der Waals surface area contributed by atoms with Gasteiger partial charge in [0.1, 0.15) is 0 Å². The molecule has 0 spiro atoms. The average molecular weight is 343 g/mol. The molecule has 2 aliphatic heterocycles. The summed E-state index contributed by atoms with van der Waals surface area (Å²) in [6.07, 6.45) is 3.88. The first-order chi connectivity index (χ1) is 12.1. The third-order valence-electron chi connectivity index (χ3n) is 6.38. The molecule has 1 saturated heterocycles. The van der Waals surface area contributed by atoms with Crippen molar-refractivity contribution >= 4 is 5.91 Å². The molecule has 0 aromatic heterocycles. The molecule has 2 fully saturated rings. The van der Waals surface area contributed by atoms with E-state index in [1.807, 2.05) is 4.90 Å². The van der Waals surface area contributed by atoms with Crippen LogP contribution in [-0.2, 0) is 17.8 Å². The fourth-order valence-electron chi connectivity index (χ4n) is 4.79. The molecule has 136 valence electrons. The fourth-order valence-corrected chi connectivity index (χ4v) is 4.79. The lowest BCUT2D eigenvalue weighted by Gasteiger charge is -2.41. The molecule has 1 aliphatic carbocycles. The minimum atomic E-state index is -0.514. The summed E-state index contributed by atoms with van der Waals surface area (Å²) in [6, 6.07) is 9.09. The van der Waals surface area contributed by atoms with Crippen LogP contribution < -0.4 is 5.73 Å². The summed E-state index contributed by atoms with van der Waals surface area (Å²) >= 11 is 0. The highest BCUT2D eigenvalue weighted by Gasteiger charge is 2.38. The third kappa shape index (κ3) is 3.46. The number of aliphatic hydroxyl groups is 1. The van der Waals surface area contributed by atoms with Gasteiger partial charge in [-0.25, -0.2) is 0 Å². The normalized spacial score (nSPS) is 31.1. The van der Waals surface area contributed by atoms with Gasteiger partial charge in [-0.2, -0.15) is 0 Å². The van der Waals surface area contributed by atoms with Crippen LogP contribution in [0.1, 0.15) is 36.8 Å². The van der Waals surface area contributed by atoms with Crippen molar-refractivity contribution in [3.8, 4) is 0 Å². The number of hydrogen-bond donors (Lipinski definition) is 2. The molecule has 3 N–H and O–H groups in total. The molecule has 25 heavy (non-hydrogen) atoms. The number of carbonyl (C=O) groups is 1. The van der Waals surface area contributed by atoms with Gasteiger partial charge in [-0.3, -0.25) is 9.69 Å². The van der Waals surface area contributed by atoms with Gasteiger partial charge in [0.05, 0.1) is 6.10 Å². The van der Waals surface area contributed by atoms with Gasteiger partial charge in [-0.15, -0.1) is 0 Å². The number of likely N-dealkylation sites (tertiary alicyclic amines) is 1. The minimum Gasteiger partial charge on any atom is -0.391 e. The molecule has 5 nitrogen and oxygen atoms in total. The van der Waals surface area contributed by atoms with Crippen LogP contribution in [0.5, 0.6) is 0 Å². The molecule has 1 aromatic rings. The fraction of sp³-hybridized carbons (Fsp3) is 0.650. The zero-order valence-electron chi connectivity index (χ0n) is 14.8. The molecule has 5 heteroatoms. The molecule has 4 rings (SSSR count). The quantitative estimate of drug-likeness (QED) is 0.845. The van der Waals surface area contributed by atoms with E-state index >= 15 is 0 Å². The maximum Gasteiger partial charge on any atom is 0.225 e. The maximum atomic E-state index is 12.7. The predicted octanol–water partition coefficient (Wildman–Crippen LogP) is 1.13. The second-order valence-electron chi connectivity index (χ2n) is 7.95. The molecular formula is C20H29N3O2. The number of aliphatic hydroxyl groups excluding tert-OH is 1. The SMILES string of the molecule is N[C@H]1C[C@H](C(=O)N2CCC(N3CCc4ccccc4C3)CC2)C[C@@H]1O. The van der Waals surface area contributed by atoms with Crippen molar-refractivity contribution in [2.75, 3.05) is 19.6 Å². The zero-order chi connectivity index (χ0) is 17.4. The van der Waals surface area contributed by atoms with E-state index in [2.05, 4.69) is 29.2 Å². The van der Waals surface area contributed by atoms with E-state index in [1.165, 1.54) is 11.1 Å². The standard InChI is InChI=1S/C20H29N3O2/c21-18-11-16(12-19(18)24)20(25)22-9-6-17(7-10-22)23-8-5-14-3-1-2-4-15(14)13-23/h1-4,16-19,24H,5-13,21H2/t16-,18-,19-/m0/s1. The summed E-state index contributed by atoms with van der Waals surface area (Å²) in [5, 5.41) is 9.81. The Kier molecular flexibility index (Phi) is 4.80. The van der Waals surface area contributed by atoms with Crippen LogP contribution in [0.15, 0.2) is 24.3 Å². The minimum absolute atomic E-state index is 0.0802. The Labute approximate surface area is 149 Å². The molecule has 1 amide bonds. The van der Waals surface area contributed by atoms with Crippen LogP contribution >= 0.6 is 0 Å². The van der Waals surface area contributed by atoms with E-state index in [-0.39, 0.29) is 17.9 Å². The Bertz CT molecular complexity index is 617. The Hall–Kier alpha value is -1.43. The molecular weight excluding hydrogens is 314 g/mol. The monoisotopic (exact) mass is 343 g/mol. The van der Waals surface area contributed by atoms with Crippen molar-refractivity contribution in [3.05, 3.63) is 35.4 Å². The number of amides is 1. The van der Waals surface area contributed by atoms with Crippen molar-refractivity contribution < 1.29 is 9.90 Å². The lowest BCUT2D eigenvalue weighted by atomic mass is 9.95. The number of piperidine rings is 1. The second kappa shape index (κ2) is 7.06. The van der Waals surface area contributed by atoms with Gasteiger partial charge in [0.2, 0.25) is 5.91 Å². The number of fused-ring (bicyclic) bond motifs is 1. The van der Waals surface area contributed by atoms with Crippen LogP contribution in [0.2, 0.25) is 0 Å². The van der Waals surface area contributed by atoms with Crippen LogP contribution in [0.4, 0.5) is 0 Å². The van der Waals surface area contributed by atoms with E-state index in [9.17, 15) is 9.90 Å². The highest BCUT2D eigenvalue weighted by atomic mass is 16.3. The lowest BCUT2D eigenvalue weighted by molar-refractivity contribution is -0.137. The van der Waals surface area contributed by atoms with Gasteiger partial charge < -0.3 is 15.7 Å². The first kappa shape index (κ1) is 17.0. The van der Waals surface area contributed by atoms with E-state index < -0.39 is 6.10 Å². The summed E-state index contributed by atoms with van der Waals surface area (Å²) in [7, 11) is 0. The van der Waals surface area contributed by atoms with E-state index in [1.54, 1.807) is 0 Å². The number of nitrogens with zero attached hydrogens (tertiary/aromatic N) is 2. The third-order valence-corrected chi connectivity index (χ3v) is 6.38. The number of benzene rings is 1. The summed E-state index contributed by atoms with van der Waals surface area (Å²) in [6.45, 7) is 3.84. The van der Waals surface area contributed by atoms with Gasteiger partial charge in [0, 0.05) is 44.2 Å². The number of rotatable bonds is 2. The van der Waals surface area contributed by atoms with Crippen LogP contribution in [0, 0.1) is 5.92 Å². The van der Waals surface area contributed by atoms with Crippen LogP contribution in [0.25, 0.3) is 0 Å². The first-order valence-electron chi connectivity index (χ1n) is 9.65. The Balaban J connectivity index is 1.31. The largest absolute Gasteiger partial charge is 0.391 e. The average Bonchev–Trinajstić information content (AvgIpc) is 2.99. The Morgan fingerprint density at radius 2 is 1.80 bits per heavy atom. The summed E-state index contributed by atoms with van der Waals surface area (Å²) in [4.78, 5) is 17.3. The molecule has 0 unspecified atom stereocenters. The van der Waals surface area contributed by atoms with Gasteiger partial charge in [0.15, 0.2) is 0 Å². The van der Waals surface area contributed by atoms with Crippen molar-refractivity contribution in [1.29, 1.82) is 0 Å². The van der Waals surface area contributed by atoms with E-state index in [0.29, 0.717) is 18.9 Å². The zero-order valence-corrected chi connectivity index (χ0v) is 14.8. The second-order valence-corrected chi connectivity index (χ2v) is 7.95. The predicted molar refractivity (Wildman–Crippen MR) is 96.9 cm³/mol. The number of carbonyl (C=O) groups excluding carboxylic acids is 1. The number of nitrogens with two attached hydrogens (primary N) is 1. The van der Waals surface area contributed by atoms with Gasteiger partial charge in [0.25, 0.3) is 0 Å². The van der Waals surface area contributed by atoms with E-state index in [4.69, 9.17) is 5.73 Å². The van der Waals surface area contributed by atoms with Crippen molar-refractivity contribution in [1.82, 2.24) is 9.80 Å². The van der Waals surface area contributed by atoms with Gasteiger partial charge in [-0.05, 0) is 43.2 Å². The maximum absolute atomic E-state index is 12.7. The Morgan fingerprint density at radius 3 is 2.48 bits per heavy atom. The van der Waals surface area contributed by atoms with Crippen molar-refractivity contribution in [2.24, 2.45) is 11.7 Å². The highest BCUT2D eigenvalue weighted by molar-refractivity contribution is 5.79. The number of hydrogen-bond acceptors (Lipinski definition) is 4. The van der Waals surface area contributed by atoms with Gasteiger partial charge in [-0.1, -0.05) is 24.3 Å². The van der Waals surface area contributed by atoms with Crippen LogP contribution in [-0.4, -0.2) is 58.6 Å². The molecule has 2 heterocycles. The molecule has 0 radical (unpaired) electrons. The summed E-state index contributed by atoms with van der Waals surface area (Å²) in [5.41, 5.74) is 8.81. The topological polar surface area (TPSA) is 69.8 Å². The van der Waals surface area contributed by atoms with Gasteiger partial charge >= 0.3 is 0 Å². The molecule has 1 saturated carbocycles. The molecule has 0 bridgehead atoms. The smallest absolute Gasteiger partial charge is 0.225 e. The summed E-state index contributed by atoms with van der Waals surface area (Å²) in [5.74, 6) is 0.123. The first-order valence-corrected chi connectivity index (χ1v) is 9.65. The molecule has 3 aliphatic rings. The molecule has 3 atom stereocenters. The molecule has 1 aromatic carbocycles. The summed E-state index contributed by atoms with van der Waals surface area (Å²) < 4.78 is 0.